The Hall–Kier alpha value is -4.13. The first kappa shape index (κ1) is 21.1. The molecule has 4 aromatic rings. The zero-order valence-corrected chi connectivity index (χ0v) is 17.5. The standard InChI is InChI=1S/C25H22FN3O3/c1-32-22-11-10-17-12-18(15-27-20-7-3-2-4-8-20)25(31)29(23(17)14-22)16-24(30)28-21-9-5-6-19(26)13-21/h2-14,27H,15-16H2,1H3,(H,28,30). The number of anilines is 2. The van der Waals surface area contributed by atoms with Crippen molar-refractivity contribution in [1.82, 2.24) is 4.57 Å². The summed E-state index contributed by atoms with van der Waals surface area (Å²) < 4.78 is 20.2. The van der Waals surface area contributed by atoms with E-state index in [1.165, 1.54) is 22.8 Å². The average molecular weight is 431 g/mol. The number of amides is 1. The number of hydrogen-bond donors (Lipinski definition) is 2. The number of para-hydroxylation sites is 1. The van der Waals surface area contributed by atoms with Gasteiger partial charge in [0.2, 0.25) is 5.91 Å². The fourth-order valence-electron chi connectivity index (χ4n) is 3.49. The van der Waals surface area contributed by atoms with Gasteiger partial charge in [-0.25, -0.2) is 4.39 Å². The molecule has 1 heterocycles. The van der Waals surface area contributed by atoms with Crippen LogP contribution in [0.3, 0.4) is 0 Å². The maximum Gasteiger partial charge on any atom is 0.256 e. The van der Waals surface area contributed by atoms with E-state index < -0.39 is 11.7 Å². The van der Waals surface area contributed by atoms with E-state index in [4.69, 9.17) is 4.74 Å². The van der Waals surface area contributed by atoms with E-state index in [9.17, 15) is 14.0 Å². The maximum atomic E-state index is 13.5. The molecule has 0 bridgehead atoms. The summed E-state index contributed by atoms with van der Waals surface area (Å²) in [5.41, 5.74) is 2.02. The van der Waals surface area contributed by atoms with Gasteiger partial charge in [-0.3, -0.25) is 14.2 Å². The largest absolute Gasteiger partial charge is 0.497 e. The average Bonchev–Trinajstić information content (AvgIpc) is 2.80. The molecule has 2 N–H and O–H groups in total. The van der Waals surface area contributed by atoms with Crippen LogP contribution in [-0.4, -0.2) is 17.6 Å². The fourth-order valence-corrected chi connectivity index (χ4v) is 3.49. The molecule has 0 atom stereocenters. The number of pyridine rings is 1. The van der Waals surface area contributed by atoms with Crippen molar-refractivity contribution in [3.63, 3.8) is 0 Å². The van der Waals surface area contributed by atoms with E-state index in [1.54, 1.807) is 25.3 Å². The van der Waals surface area contributed by atoms with Gasteiger partial charge in [0.1, 0.15) is 18.1 Å². The first-order valence-electron chi connectivity index (χ1n) is 10.1. The SMILES string of the molecule is COc1ccc2cc(CNc3ccccc3)c(=O)n(CC(=O)Nc3cccc(F)c3)c2c1. The van der Waals surface area contributed by atoms with E-state index in [2.05, 4.69) is 10.6 Å². The van der Waals surface area contributed by atoms with Crippen LogP contribution >= 0.6 is 0 Å². The molecule has 4 rings (SSSR count). The lowest BCUT2D eigenvalue weighted by atomic mass is 10.1. The van der Waals surface area contributed by atoms with Crippen LogP contribution < -0.4 is 20.9 Å². The number of methoxy groups -OCH3 is 1. The van der Waals surface area contributed by atoms with Crippen molar-refractivity contribution in [2.24, 2.45) is 0 Å². The number of nitrogens with one attached hydrogen (secondary N) is 2. The van der Waals surface area contributed by atoms with Gasteiger partial charge in [0.25, 0.3) is 5.56 Å². The van der Waals surface area contributed by atoms with Gasteiger partial charge in [0.15, 0.2) is 0 Å². The third kappa shape index (κ3) is 4.78. The predicted molar refractivity (Wildman–Crippen MR) is 124 cm³/mol. The predicted octanol–water partition coefficient (Wildman–Crippen LogP) is 4.40. The molecule has 162 valence electrons. The topological polar surface area (TPSA) is 72.4 Å². The molecule has 3 aromatic carbocycles. The number of fused-ring (bicyclic) bond motifs is 1. The first-order chi connectivity index (χ1) is 15.5. The molecule has 0 spiro atoms. The highest BCUT2D eigenvalue weighted by Gasteiger charge is 2.14. The summed E-state index contributed by atoms with van der Waals surface area (Å²) >= 11 is 0. The van der Waals surface area contributed by atoms with Gasteiger partial charge < -0.3 is 15.4 Å². The molecular weight excluding hydrogens is 409 g/mol. The van der Waals surface area contributed by atoms with Crippen LogP contribution in [0.25, 0.3) is 10.9 Å². The maximum absolute atomic E-state index is 13.5. The number of rotatable bonds is 7. The van der Waals surface area contributed by atoms with Crippen molar-refractivity contribution in [1.29, 1.82) is 0 Å². The molecule has 1 amide bonds. The van der Waals surface area contributed by atoms with Crippen LogP contribution in [0.1, 0.15) is 5.56 Å². The van der Waals surface area contributed by atoms with Crippen molar-refractivity contribution in [2.75, 3.05) is 17.7 Å². The Bertz CT molecular complexity index is 1320. The first-order valence-corrected chi connectivity index (χ1v) is 10.1. The molecule has 0 aliphatic rings. The molecule has 6 nitrogen and oxygen atoms in total. The third-order valence-corrected chi connectivity index (χ3v) is 5.04. The van der Waals surface area contributed by atoms with Crippen molar-refractivity contribution < 1.29 is 13.9 Å². The normalized spacial score (nSPS) is 10.7. The van der Waals surface area contributed by atoms with E-state index in [0.29, 0.717) is 29.1 Å². The summed E-state index contributed by atoms with van der Waals surface area (Å²) in [7, 11) is 1.54. The van der Waals surface area contributed by atoms with Crippen molar-refractivity contribution in [2.45, 2.75) is 13.1 Å². The number of benzene rings is 3. The molecule has 0 fully saturated rings. The number of aromatic nitrogens is 1. The Labute approximate surface area is 184 Å². The Balaban J connectivity index is 1.68. The van der Waals surface area contributed by atoms with Gasteiger partial charge in [0, 0.05) is 29.5 Å². The minimum atomic E-state index is -0.455. The van der Waals surface area contributed by atoms with Crippen LogP contribution in [0.2, 0.25) is 0 Å². The van der Waals surface area contributed by atoms with Gasteiger partial charge in [-0.15, -0.1) is 0 Å². The summed E-state index contributed by atoms with van der Waals surface area (Å²) in [6.07, 6.45) is 0. The Kier molecular flexibility index (Phi) is 6.17. The van der Waals surface area contributed by atoms with Crippen LogP contribution in [0.4, 0.5) is 15.8 Å². The number of carbonyl (C=O) groups is 1. The highest BCUT2D eigenvalue weighted by molar-refractivity contribution is 5.92. The van der Waals surface area contributed by atoms with E-state index in [-0.39, 0.29) is 12.1 Å². The Morgan fingerprint density at radius 1 is 0.969 bits per heavy atom. The van der Waals surface area contributed by atoms with E-state index >= 15 is 0 Å². The molecule has 0 saturated heterocycles. The quantitative estimate of drug-likeness (QED) is 0.455. The zero-order valence-electron chi connectivity index (χ0n) is 17.5. The Morgan fingerprint density at radius 2 is 1.75 bits per heavy atom. The lowest BCUT2D eigenvalue weighted by molar-refractivity contribution is -0.116. The second-order valence-corrected chi connectivity index (χ2v) is 7.26. The molecule has 0 aliphatic carbocycles. The molecule has 7 heteroatoms. The summed E-state index contributed by atoms with van der Waals surface area (Å²) in [6, 6.07) is 22.4. The van der Waals surface area contributed by atoms with Crippen molar-refractivity contribution in [3.05, 3.63) is 101 Å². The van der Waals surface area contributed by atoms with Crippen LogP contribution in [-0.2, 0) is 17.9 Å². The minimum absolute atomic E-state index is 0.224. The third-order valence-electron chi connectivity index (χ3n) is 5.04. The lowest BCUT2D eigenvalue weighted by Gasteiger charge is -2.15. The zero-order chi connectivity index (χ0) is 22.5. The smallest absolute Gasteiger partial charge is 0.256 e. The number of hydrogen-bond acceptors (Lipinski definition) is 4. The second-order valence-electron chi connectivity index (χ2n) is 7.26. The van der Waals surface area contributed by atoms with Gasteiger partial charge in [-0.05, 0) is 53.9 Å². The highest BCUT2D eigenvalue weighted by Crippen LogP contribution is 2.21. The van der Waals surface area contributed by atoms with Crippen molar-refractivity contribution >= 4 is 28.2 Å². The number of halogens is 1. The highest BCUT2D eigenvalue weighted by atomic mass is 19.1. The molecule has 32 heavy (non-hydrogen) atoms. The summed E-state index contributed by atoms with van der Waals surface area (Å²) in [5.74, 6) is -0.314. The van der Waals surface area contributed by atoms with Crippen LogP contribution in [0, 0.1) is 5.82 Å². The number of nitrogens with zero attached hydrogens (tertiary/aromatic N) is 1. The monoisotopic (exact) mass is 431 g/mol. The molecule has 0 aliphatic heterocycles. The molecule has 0 radical (unpaired) electrons. The summed E-state index contributed by atoms with van der Waals surface area (Å²) in [4.78, 5) is 26.0. The minimum Gasteiger partial charge on any atom is -0.497 e. The summed E-state index contributed by atoms with van der Waals surface area (Å²) in [5, 5.41) is 6.68. The molecular formula is C25H22FN3O3. The molecule has 1 aromatic heterocycles. The number of ether oxygens (including phenoxy) is 1. The van der Waals surface area contributed by atoms with E-state index in [1.807, 2.05) is 42.5 Å². The fraction of sp³-hybridized carbons (Fsp3) is 0.120. The lowest BCUT2D eigenvalue weighted by Crippen LogP contribution is -2.30. The second kappa shape index (κ2) is 9.34. The molecule has 0 unspecified atom stereocenters. The molecule has 0 saturated carbocycles. The van der Waals surface area contributed by atoms with Gasteiger partial charge in [-0.2, -0.15) is 0 Å². The Morgan fingerprint density at radius 3 is 2.50 bits per heavy atom. The van der Waals surface area contributed by atoms with Crippen LogP contribution in [0.15, 0.2) is 83.7 Å². The van der Waals surface area contributed by atoms with Crippen molar-refractivity contribution in [3.8, 4) is 5.75 Å². The number of carbonyl (C=O) groups excluding carboxylic acids is 1. The van der Waals surface area contributed by atoms with Gasteiger partial charge in [-0.1, -0.05) is 24.3 Å². The van der Waals surface area contributed by atoms with E-state index in [0.717, 1.165) is 11.1 Å². The van der Waals surface area contributed by atoms with Gasteiger partial charge >= 0.3 is 0 Å². The van der Waals surface area contributed by atoms with Gasteiger partial charge in [0.05, 0.1) is 12.6 Å². The summed E-state index contributed by atoms with van der Waals surface area (Å²) in [6.45, 7) is 0.0779. The van der Waals surface area contributed by atoms with Crippen LogP contribution in [0.5, 0.6) is 5.75 Å².